The number of aromatic nitrogens is 2. The largest absolute Gasteiger partial charge is 0.367 e. The van der Waals surface area contributed by atoms with Gasteiger partial charge >= 0.3 is 0 Å². The third kappa shape index (κ3) is 3.93. The van der Waals surface area contributed by atoms with Crippen LogP contribution in [0.1, 0.15) is 22.1 Å². The zero-order chi connectivity index (χ0) is 16.1. The number of nitrogens with zero attached hydrogens (tertiary/aromatic N) is 3. The Morgan fingerprint density at radius 1 is 1.36 bits per heavy atom. The van der Waals surface area contributed by atoms with Gasteiger partial charge in [0.05, 0.1) is 18.4 Å². The molecule has 22 heavy (non-hydrogen) atoms. The number of nitrogens with one attached hydrogen (secondary N) is 1. The topological polar surface area (TPSA) is 84.1 Å². The minimum absolute atomic E-state index is 0.0488. The van der Waals surface area contributed by atoms with Crippen LogP contribution in [0, 0.1) is 0 Å². The number of nitrogens with two attached hydrogens (primary N) is 1. The summed E-state index contributed by atoms with van der Waals surface area (Å²) in [4.78, 5) is 21.3. The van der Waals surface area contributed by atoms with Crippen molar-refractivity contribution in [1.82, 2.24) is 14.9 Å². The average molecular weight is 320 g/mol. The lowest BCUT2D eigenvalue weighted by Crippen LogP contribution is -2.27. The maximum Gasteiger partial charge on any atom is 0.268 e. The van der Waals surface area contributed by atoms with Gasteiger partial charge in [-0.05, 0) is 25.7 Å². The molecule has 0 spiro atoms. The van der Waals surface area contributed by atoms with Crippen LogP contribution in [-0.2, 0) is 0 Å². The second-order valence-corrected chi connectivity index (χ2v) is 5.44. The Kier molecular flexibility index (Phi) is 5.30. The van der Waals surface area contributed by atoms with Crippen molar-refractivity contribution in [2.75, 3.05) is 26.0 Å². The maximum atomic E-state index is 11.1. The fourth-order valence-electron chi connectivity index (χ4n) is 2.09. The molecule has 0 aliphatic heterocycles. The number of amides is 1. The van der Waals surface area contributed by atoms with Crippen LogP contribution in [0.25, 0.3) is 0 Å². The first-order valence-electron chi connectivity index (χ1n) is 6.75. The van der Waals surface area contributed by atoms with Gasteiger partial charge < -0.3 is 16.0 Å². The number of hydrogen-bond donors (Lipinski definition) is 2. The summed E-state index contributed by atoms with van der Waals surface area (Å²) in [6.07, 6.45) is 2.89. The number of carbonyl (C=O) groups is 1. The quantitative estimate of drug-likeness (QED) is 0.850. The number of carbonyl (C=O) groups excluding carboxylic acids is 1. The minimum atomic E-state index is -0.605. The fourth-order valence-corrected chi connectivity index (χ4v) is 2.35. The van der Waals surface area contributed by atoms with Crippen molar-refractivity contribution >= 4 is 23.3 Å². The van der Waals surface area contributed by atoms with Crippen LogP contribution in [0.3, 0.4) is 0 Å². The minimum Gasteiger partial charge on any atom is -0.367 e. The van der Waals surface area contributed by atoms with E-state index in [1.54, 1.807) is 6.20 Å². The van der Waals surface area contributed by atoms with Crippen LogP contribution < -0.4 is 11.1 Å². The van der Waals surface area contributed by atoms with Gasteiger partial charge in [0, 0.05) is 11.6 Å². The van der Waals surface area contributed by atoms with E-state index in [4.69, 9.17) is 17.3 Å². The highest BCUT2D eigenvalue weighted by molar-refractivity contribution is 6.31. The lowest BCUT2D eigenvalue weighted by atomic mass is 10.1. The molecule has 2 aromatic rings. The van der Waals surface area contributed by atoms with Crippen molar-refractivity contribution in [3.05, 3.63) is 52.9 Å². The molecule has 1 amide bonds. The second-order valence-electron chi connectivity index (χ2n) is 5.04. The molecule has 0 saturated carbocycles. The van der Waals surface area contributed by atoms with E-state index in [2.05, 4.69) is 20.2 Å². The highest BCUT2D eigenvalue weighted by Gasteiger charge is 2.17. The third-order valence-electron chi connectivity index (χ3n) is 3.25. The Bertz CT molecular complexity index is 662. The predicted molar refractivity (Wildman–Crippen MR) is 86.9 cm³/mol. The predicted octanol–water partition coefficient (Wildman–Crippen LogP) is 1.94. The normalized spacial score (nSPS) is 12.2. The molecule has 0 radical (unpaired) electrons. The van der Waals surface area contributed by atoms with Gasteiger partial charge in [-0.2, -0.15) is 0 Å². The van der Waals surface area contributed by atoms with Gasteiger partial charge in [0.25, 0.3) is 5.91 Å². The van der Waals surface area contributed by atoms with Gasteiger partial charge in [0.1, 0.15) is 11.5 Å². The second kappa shape index (κ2) is 7.20. The molecule has 1 aromatic heterocycles. The Hall–Kier alpha value is -2.18. The first kappa shape index (κ1) is 16.2. The Balaban J connectivity index is 2.15. The van der Waals surface area contributed by atoms with Gasteiger partial charge in [-0.15, -0.1) is 0 Å². The molecule has 2 rings (SSSR count). The summed E-state index contributed by atoms with van der Waals surface area (Å²) < 4.78 is 0. The fraction of sp³-hybridized carbons (Fsp3) is 0.267. The number of halogens is 1. The van der Waals surface area contributed by atoms with Crippen molar-refractivity contribution in [2.45, 2.75) is 6.04 Å². The first-order chi connectivity index (χ1) is 10.5. The maximum absolute atomic E-state index is 11.1. The summed E-state index contributed by atoms with van der Waals surface area (Å²) in [7, 11) is 3.95. The van der Waals surface area contributed by atoms with Crippen LogP contribution in [-0.4, -0.2) is 41.4 Å². The van der Waals surface area contributed by atoms with Crippen molar-refractivity contribution in [3.8, 4) is 0 Å². The summed E-state index contributed by atoms with van der Waals surface area (Å²) >= 11 is 6.27. The van der Waals surface area contributed by atoms with Crippen molar-refractivity contribution < 1.29 is 4.79 Å². The van der Waals surface area contributed by atoms with E-state index >= 15 is 0 Å². The zero-order valence-corrected chi connectivity index (χ0v) is 13.2. The molecule has 1 atom stereocenters. The van der Waals surface area contributed by atoms with E-state index in [1.165, 1.54) is 6.20 Å². The molecule has 0 saturated heterocycles. The Labute approximate surface area is 134 Å². The summed E-state index contributed by atoms with van der Waals surface area (Å²) in [6.45, 7) is 0.563. The van der Waals surface area contributed by atoms with Crippen LogP contribution in [0.4, 0.5) is 5.82 Å². The Morgan fingerprint density at radius 3 is 2.73 bits per heavy atom. The highest BCUT2D eigenvalue weighted by Crippen LogP contribution is 2.26. The number of hydrogen-bond acceptors (Lipinski definition) is 5. The van der Waals surface area contributed by atoms with E-state index in [0.717, 1.165) is 5.56 Å². The highest BCUT2D eigenvalue weighted by atomic mass is 35.5. The van der Waals surface area contributed by atoms with Gasteiger partial charge in [-0.1, -0.05) is 29.8 Å². The molecule has 0 aliphatic carbocycles. The van der Waals surface area contributed by atoms with Gasteiger partial charge in [0.15, 0.2) is 0 Å². The molecule has 3 N–H and O–H groups in total. The summed E-state index contributed by atoms with van der Waals surface area (Å²) in [5.74, 6) is -0.110. The van der Waals surface area contributed by atoms with E-state index in [-0.39, 0.29) is 11.7 Å². The number of rotatable bonds is 6. The molecule has 116 valence electrons. The Morgan fingerprint density at radius 2 is 2.09 bits per heavy atom. The summed E-state index contributed by atoms with van der Waals surface area (Å²) in [6, 6.07) is 7.74. The monoisotopic (exact) mass is 319 g/mol. The number of likely N-dealkylation sites (N-methyl/N-ethyl adjacent to an activating group) is 1. The molecule has 1 aromatic carbocycles. The molecule has 1 heterocycles. The van der Waals surface area contributed by atoms with Crippen LogP contribution in [0.2, 0.25) is 5.02 Å². The molecule has 7 heteroatoms. The SMILES string of the molecule is CN(C)C(CNc1cncc(C(N)=O)n1)c1ccccc1Cl. The van der Waals surface area contributed by atoms with Crippen molar-refractivity contribution in [1.29, 1.82) is 0 Å². The average Bonchev–Trinajstić information content (AvgIpc) is 2.49. The van der Waals surface area contributed by atoms with Gasteiger partial charge in [-0.25, -0.2) is 4.98 Å². The zero-order valence-electron chi connectivity index (χ0n) is 12.5. The standard InChI is InChI=1S/C15H18ClN5O/c1-21(2)13(10-5-3-4-6-11(10)16)8-19-14-9-18-7-12(20-14)15(17)22/h3-7,9,13H,8H2,1-2H3,(H2,17,22)(H,19,20). The van der Waals surface area contributed by atoms with Crippen molar-refractivity contribution in [2.24, 2.45) is 5.73 Å². The molecule has 1 unspecified atom stereocenters. The van der Waals surface area contributed by atoms with Crippen molar-refractivity contribution in [3.63, 3.8) is 0 Å². The molecular formula is C15H18ClN5O. The molecule has 0 bridgehead atoms. The van der Waals surface area contributed by atoms with Gasteiger partial charge in [-0.3, -0.25) is 9.78 Å². The van der Waals surface area contributed by atoms with Gasteiger partial charge in [0.2, 0.25) is 0 Å². The molecule has 0 aliphatic rings. The molecular weight excluding hydrogens is 302 g/mol. The van der Waals surface area contributed by atoms with E-state index in [0.29, 0.717) is 17.4 Å². The first-order valence-corrected chi connectivity index (χ1v) is 7.13. The summed E-state index contributed by atoms with van der Waals surface area (Å²) in [5.41, 5.74) is 6.35. The number of benzene rings is 1. The van der Waals surface area contributed by atoms with Crippen LogP contribution >= 0.6 is 11.6 Å². The lowest BCUT2D eigenvalue weighted by molar-refractivity contribution is 0.0995. The molecule has 0 fully saturated rings. The van der Waals surface area contributed by atoms with E-state index in [9.17, 15) is 4.79 Å². The van der Waals surface area contributed by atoms with Crippen LogP contribution in [0.5, 0.6) is 0 Å². The van der Waals surface area contributed by atoms with Crippen LogP contribution in [0.15, 0.2) is 36.7 Å². The summed E-state index contributed by atoms with van der Waals surface area (Å²) in [5, 5.41) is 3.87. The number of primary amides is 1. The van der Waals surface area contributed by atoms with E-state index < -0.39 is 5.91 Å². The third-order valence-corrected chi connectivity index (χ3v) is 3.60. The smallest absolute Gasteiger partial charge is 0.268 e. The molecule has 6 nitrogen and oxygen atoms in total. The number of anilines is 1. The lowest BCUT2D eigenvalue weighted by Gasteiger charge is -2.26. The van der Waals surface area contributed by atoms with E-state index in [1.807, 2.05) is 38.4 Å².